The van der Waals surface area contributed by atoms with Crippen molar-refractivity contribution in [3.63, 3.8) is 0 Å². The fraction of sp³-hybridized carbons (Fsp3) is 0.424. The van der Waals surface area contributed by atoms with Gasteiger partial charge in [-0.2, -0.15) is 0 Å². The molecule has 1 saturated heterocycles. The minimum Gasteiger partial charge on any atom is -0.497 e. The van der Waals surface area contributed by atoms with Gasteiger partial charge in [0.15, 0.2) is 0 Å². The van der Waals surface area contributed by atoms with Gasteiger partial charge in [0.2, 0.25) is 0 Å². The predicted molar refractivity (Wildman–Crippen MR) is 151 cm³/mol. The quantitative estimate of drug-likeness (QED) is 0.301. The van der Waals surface area contributed by atoms with E-state index in [0.29, 0.717) is 36.7 Å². The SMILES string of the molecule is CC1CC1.COc1ccc(F)c(-c2ccc(COc3cccc(CCC(=O)O)c3)cc2C2OCCC2(C)C)c1. The second kappa shape index (κ2) is 12.6. The van der Waals surface area contributed by atoms with Crippen molar-refractivity contribution in [3.8, 4) is 22.6 Å². The lowest BCUT2D eigenvalue weighted by Crippen LogP contribution is -2.17. The van der Waals surface area contributed by atoms with E-state index in [-0.39, 0.29) is 23.8 Å². The van der Waals surface area contributed by atoms with E-state index in [1.165, 1.54) is 18.9 Å². The first kappa shape index (κ1) is 28.6. The van der Waals surface area contributed by atoms with Crippen molar-refractivity contribution < 1.29 is 28.5 Å². The highest BCUT2D eigenvalue weighted by Crippen LogP contribution is 2.48. The molecule has 1 saturated carbocycles. The minimum absolute atomic E-state index is 0.0757. The summed E-state index contributed by atoms with van der Waals surface area (Å²) in [5.74, 6) is 1.21. The fourth-order valence-corrected chi connectivity index (χ4v) is 4.68. The molecular weight excluding hydrogens is 495 g/mol. The normalized spacial score (nSPS) is 17.7. The molecule has 2 fully saturated rings. The molecular formula is C33H39FO5. The van der Waals surface area contributed by atoms with Gasteiger partial charge in [0.25, 0.3) is 0 Å². The number of benzene rings is 3. The van der Waals surface area contributed by atoms with Crippen LogP contribution < -0.4 is 9.47 Å². The average molecular weight is 535 g/mol. The molecule has 1 atom stereocenters. The van der Waals surface area contributed by atoms with Crippen LogP contribution in [0.15, 0.2) is 60.7 Å². The van der Waals surface area contributed by atoms with E-state index in [1.54, 1.807) is 19.2 Å². The van der Waals surface area contributed by atoms with Crippen LogP contribution in [0.25, 0.3) is 11.1 Å². The molecule has 208 valence electrons. The zero-order valence-corrected chi connectivity index (χ0v) is 23.3. The zero-order valence-electron chi connectivity index (χ0n) is 23.3. The summed E-state index contributed by atoms with van der Waals surface area (Å²) >= 11 is 0. The summed E-state index contributed by atoms with van der Waals surface area (Å²) < 4.78 is 32.4. The molecule has 0 spiro atoms. The lowest BCUT2D eigenvalue weighted by Gasteiger charge is -2.28. The van der Waals surface area contributed by atoms with E-state index in [9.17, 15) is 9.18 Å². The molecule has 0 bridgehead atoms. The van der Waals surface area contributed by atoms with Gasteiger partial charge in [0.05, 0.1) is 13.2 Å². The maximum Gasteiger partial charge on any atom is 0.303 e. The van der Waals surface area contributed by atoms with Crippen LogP contribution >= 0.6 is 0 Å². The number of methoxy groups -OCH3 is 1. The number of halogens is 1. The number of carboxylic acids is 1. The van der Waals surface area contributed by atoms with Gasteiger partial charge in [-0.05, 0) is 82.8 Å². The third-order valence-corrected chi connectivity index (χ3v) is 7.40. The molecule has 1 aliphatic heterocycles. The van der Waals surface area contributed by atoms with E-state index in [1.807, 2.05) is 42.5 Å². The van der Waals surface area contributed by atoms with Crippen molar-refractivity contribution in [2.45, 2.75) is 65.6 Å². The number of hydrogen-bond donors (Lipinski definition) is 1. The Hall–Kier alpha value is -3.38. The van der Waals surface area contributed by atoms with Crippen LogP contribution in [-0.4, -0.2) is 24.8 Å². The maximum atomic E-state index is 14.9. The van der Waals surface area contributed by atoms with Gasteiger partial charge in [0, 0.05) is 18.6 Å². The second-order valence-corrected chi connectivity index (χ2v) is 11.3. The Balaban J connectivity index is 0.000000808. The van der Waals surface area contributed by atoms with Crippen LogP contribution in [0.4, 0.5) is 4.39 Å². The number of hydrogen-bond acceptors (Lipinski definition) is 4. The monoisotopic (exact) mass is 534 g/mol. The van der Waals surface area contributed by atoms with Gasteiger partial charge in [-0.25, -0.2) is 4.39 Å². The van der Waals surface area contributed by atoms with Gasteiger partial charge in [-0.3, -0.25) is 4.79 Å². The average Bonchev–Trinajstić information content (AvgIpc) is 3.62. The molecule has 0 aromatic heterocycles. The molecule has 6 heteroatoms. The number of aryl methyl sites for hydroxylation is 1. The first-order valence-corrected chi connectivity index (χ1v) is 13.7. The molecule has 1 heterocycles. The number of aliphatic carboxylic acids is 1. The topological polar surface area (TPSA) is 65.0 Å². The molecule has 5 rings (SSSR count). The van der Waals surface area contributed by atoms with Gasteiger partial charge < -0.3 is 19.3 Å². The van der Waals surface area contributed by atoms with E-state index in [2.05, 4.69) is 20.8 Å². The zero-order chi connectivity index (χ0) is 28.0. The Morgan fingerprint density at radius 3 is 2.44 bits per heavy atom. The molecule has 3 aromatic rings. The minimum atomic E-state index is -0.825. The fourth-order valence-electron chi connectivity index (χ4n) is 4.68. The largest absolute Gasteiger partial charge is 0.497 e. The van der Waals surface area contributed by atoms with Gasteiger partial charge in [0.1, 0.15) is 23.9 Å². The highest BCUT2D eigenvalue weighted by Gasteiger charge is 2.38. The van der Waals surface area contributed by atoms with Gasteiger partial charge in [-0.15, -0.1) is 0 Å². The van der Waals surface area contributed by atoms with Crippen LogP contribution in [0.2, 0.25) is 0 Å². The summed E-state index contributed by atoms with van der Waals surface area (Å²) in [5.41, 5.74) is 3.94. The van der Waals surface area contributed by atoms with Crippen molar-refractivity contribution in [2.24, 2.45) is 11.3 Å². The van der Waals surface area contributed by atoms with E-state index in [0.717, 1.165) is 34.6 Å². The van der Waals surface area contributed by atoms with Crippen molar-refractivity contribution in [1.82, 2.24) is 0 Å². The third-order valence-electron chi connectivity index (χ3n) is 7.40. The van der Waals surface area contributed by atoms with Gasteiger partial charge in [-0.1, -0.05) is 57.9 Å². The Morgan fingerprint density at radius 1 is 1.03 bits per heavy atom. The van der Waals surface area contributed by atoms with Gasteiger partial charge >= 0.3 is 5.97 Å². The third kappa shape index (κ3) is 7.82. The molecule has 39 heavy (non-hydrogen) atoms. The summed E-state index contributed by atoms with van der Waals surface area (Å²) in [5, 5.41) is 8.93. The molecule has 5 nitrogen and oxygen atoms in total. The maximum absolute atomic E-state index is 14.9. The van der Waals surface area contributed by atoms with Crippen molar-refractivity contribution in [1.29, 1.82) is 0 Å². The molecule has 2 aliphatic rings. The number of carbonyl (C=O) groups is 1. The molecule has 1 aliphatic carbocycles. The highest BCUT2D eigenvalue weighted by molar-refractivity contribution is 5.71. The number of rotatable bonds is 9. The predicted octanol–water partition coefficient (Wildman–Crippen LogP) is 8.00. The smallest absolute Gasteiger partial charge is 0.303 e. The second-order valence-electron chi connectivity index (χ2n) is 11.3. The Labute approximate surface area is 230 Å². The lowest BCUT2D eigenvalue weighted by molar-refractivity contribution is -0.136. The van der Waals surface area contributed by atoms with E-state index < -0.39 is 5.97 Å². The van der Waals surface area contributed by atoms with Crippen molar-refractivity contribution >= 4 is 5.97 Å². The molecule has 0 amide bonds. The Bertz CT molecular complexity index is 1280. The van der Waals surface area contributed by atoms with Crippen molar-refractivity contribution in [2.75, 3.05) is 13.7 Å². The molecule has 1 unspecified atom stereocenters. The standard InChI is InChI=1S/C29H31FO5.C4H8/c1-29(2)13-14-34-28(29)25-16-20(7-10-23(25)24-17-21(33-3)9-11-26(24)30)18-35-22-6-4-5-19(15-22)8-12-27(31)32;1-4-2-3-4/h4-7,9-11,15-17,28H,8,12-14,18H2,1-3H3,(H,31,32);4H,2-3H2,1H3. The van der Waals surface area contributed by atoms with E-state index in [4.69, 9.17) is 19.3 Å². The van der Waals surface area contributed by atoms with Crippen LogP contribution in [0.5, 0.6) is 11.5 Å². The molecule has 0 radical (unpaired) electrons. The molecule has 3 aromatic carbocycles. The highest BCUT2D eigenvalue weighted by atomic mass is 19.1. The Morgan fingerprint density at radius 2 is 1.79 bits per heavy atom. The first-order valence-electron chi connectivity index (χ1n) is 13.7. The lowest BCUT2D eigenvalue weighted by atomic mass is 9.79. The number of carboxylic acid groups (broad SMARTS) is 1. The summed E-state index contributed by atoms with van der Waals surface area (Å²) in [6.07, 6.45) is 4.24. The van der Waals surface area contributed by atoms with E-state index >= 15 is 0 Å². The molecule has 1 N–H and O–H groups in total. The van der Waals surface area contributed by atoms with Crippen LogP contribution in [0, 0.1) is 17.2 Å². The summed E-state index contributed by atoms with van der Waals surface area (Å²) in [6, 6.07) is 18.1. The van der Waals surface area contributed by atoms with Crippen LogP contribution in [-0.2, 0) is 22.6 Å². The first-order chi connectivity index (χ1) is 18.7. The van der Waals surface area contributed by atoms with Crippen molar-refractivity contribution in [3.05, 3.63) is 83.2 Å². The summed E-state index contributed by atoms with van der Waals surface area (Å²) in [6.45, 7) is 7.59. The summed E-state index contributed by atoms with van der Waals surface area (Å²) in [4.78, 5) is 10.9. The van der Waals surface area contributed by atoms with Crippen LogP contribution in [0.3, 0.4) is 0 Å². The Kier molecular flexibility index (Phi) is 9.28. The summed E-state index contributed by atoms with van der Waals surface area (Å²) in [7, 11) is 1.57. The number of ether oxygens (including phenoxy) is 3. The van der Waals surface area contributed by atoms with Crippen LogP contribution in [0.1, 0.15) is 69.2 Å².